The van der Waals surface area contributed by atoms with Gasteiger partial charge in [0.2, 0.25) is 0 Å². The Labute approximate surface area is 325 Å². The molecule has 56 heavy (non-hydrogen) atoms. The van der Waals surface area contributed by atoms with Crippen molar-refractivity contribution in [2.24, 2.45) is 9.98 Å². The third kappa shape index (κ3) is 6.31. The van der Waals surface area contributed by atoms with E-state index < -0.39 is 6.17 Å². The van der Waals surface area contributed by atoms with E-state index in [1.165, 1.54) is 11.1 Å². The number of furan rings is 1. The van der Waals surface area contributed by atoms with Gasteiger partial charge in [-0.1, -0.05) is 152 Å². The largest absolute Gasteiger partial charge is 0.456 e. The van der Waals surface area contributed by atoms with Crippen LogP contribution < -0.4 is 10.2 Å². The van der Waals surface area contributed by atoms with Crippen LogP contribution in [-0.4, -0.2) is 11.7 Å². The highest BCUT2D eigenvalue weighted by molar-refractivity contribution is 6.14. The maximum atomic E-state index is 6.57. The molecule has 1 N–H and O–H groups in total. The molecule has 0 saturated carbocycles. The molecule has 2 heterocycles. The SMILES string of the molecule is c1ccc(C2=NC(c3cc(-c4ccc(N(c5ccccc5)c5ccc(-c6ccccc6)cc5)cc4)cc4oc5ccccc5c34)NC(c3ccccc3)=N2)cc1. The molecule has 8 aromatic carbocycles. The summed E-state index contributed by atoms with van der Waals surface area (Å²) >= 11 is 0. The maximum Gasteiger partial charge on any atom is 0.159 e. The normalized spacial score (nSPS) is 13.9. The summed E-state index contributed by atoms with van der Waals surface area (Å²) in [6, 6.07) is 71.6. The number of nitrogens with one attached hydrogen (secondary N) is 1. The third-order valence-electron chi connectivity index (χ3n) is 10.3. The van der Waals surface area contributed by atoms with Gasteiger partial charge in [-0.15, -0.1) is 0 Å². The number of nitrogens with zero attached hydrogens (tertiary/aromatic N) is 3. The van der Waals surface area contributed by atoms with Crippen molar-refractivity contribution in [2.45, 2.75) is 6.17 Å². The van der Waals surface area contributed by atoms with Crippen LogP contribution in [0.2, 0.25) is 0 Å². The monoisotopic (exact) mass is 720 g/mol. The van der Waals surface area contributed by atoms with Gasteiger partial charge in [0, 0.05) is 44.5 Å². The van der Waals surface area contributed by atoms with Gasteiger partial charge in [-0.2, -0.15) is 0 Å². The van der Waals surface area contributed by atoms with E-state index in [4.69, 9.17) is 14.4 Å². The molecule has 0 radical (unpaired) electrons. The smallest absolute Gasteiger partial charge is 0.159 e. The molecular weight excluding hydrogens is 685 g/mol. The van der Waals surface area contributed by atoms with Crippen molar-refractivity contribution >= 4 is 50.7 Å². The Hall–Kier alpha value is -7.50. The third-order valence-corrected chi connectivity index (χ3v) is 10.3. The molecule has 0 spiro atoms. The number of hydrogen-bond acceptors (Lipinski definition) is 5. The first-order chi connectivity index (χ1) is 27.7. The Morgan fingerprint density at radius 1 is 0.429 bits per heavy atom. The lowest BCUT2D eigenvalue weighted by molar-refractivity contribution is 0.662. The van der Waals surface area contributed by atoms with Crippen LogP contribution in [0.1, 0.15) is 22.9 Å². The second kappa shape index (κ2) is 14.4. The Bertz CT molecular complexity index is 2850. The lowest BCUT2D eigenvalue weighted by atomic mass is 9.96. The molecule has 0 bridgehead atoms. The number of para-hydroxylation sites is 2. The van der Waals surface area contributed by atoms with Crippen molar-refractivity contribution in [1.82, 2.24) is 5.32 Å². The summed E-state index contributed by atoms with van der Waals surface area (Å²) in [7, 11) is 0. The highest BCUT2D eigenvalue weighted by Crippen LogP contribution is 2.41. The quantitative estimate of drug-likeness (QED) is 0.170. The van der Waals surface area contributed by atoms with Gasteiger partial charge in [0.15, 0.2) is 5.84 Å². The molecule has 0 fully saturated rings. The predicted molar refractivity (Wildman–Crippen MR) is 231 cm³/mol. The second-order valence-electron chi connectivity index (χ2n) is 13.9. The van der Waals surface area contributed by atoms with Gasteiger partial charge in [0.1, 0.15) is 23.2 Å². The van der Waals surface area contributed by atoms with Gasteiger partial charge in [0.05, 0.1) is 0 Å². The Morgan fingerprint density at radius 2 is 0.929 bits per heavy atom. The molecule has 5 nitrogen and oxygen atoms in total. The van der Waals surface area contributed by atoms with E-state index in [-0.39, 0.29) is 0 Å². The molecular formula is C51H36N4O. The zero-order valence-electron chi connectivity index (χ0n) is 30.5. The van der Waals surface area contributed by atoms with Gasteiger partial charge in [0.25, 0.3) is 0 Å². The minimum absolute atomic E-state index is 0.423. The molecule has 1 aliphatic rings. The summed E-state index contributed by atoms with van der Waals surface area (Å²) < 4.78 is 6.57. The number of anilines is 3. The highest BCUT2D eigenvalue weighted by atomic mass is 16.3. The van der Waals surface area contributed by atoms with Gasteiger partial charge >= 0.3 is 0 Å². The fraction of sp³-hybridized carbons (Fsp3) is 0.0196. The van der Waals surface area contributed by atoms with Crippen LogP contribution in [0.15, 0.2) is 221 Å². The number of hydrogen-bond donors (Lipinski definition) is 1. The van der Waals surface area contributed by atoms with Crippen LogP contribution in [-0.2, 0) is 0 Å². The molecule has 0 amide bonds. The van der Waals surface area contributed by atoms with Gasteiger partial charge < -0.3 is 14.6 Å². The van der Waals surface area contributed by atoms with Crippen molar-refractivity contribution in [3.8, 4) is 22.3 Å². The molecule has 1 atom stereocenters. The topological polar surface area (TPSA) is 53.1 Å². The van der Waals surface area contributed by atoms with Crippen molar-refractivity contribution in [2.75, 3.05) is 4.90 Å². The molecule has 5 heteroatoms. The van der Waals surface area contributed by atoms with E-state index in [0.717, 1.165) is 72.7 Å². The van der Waals surface area contributed by atoms with Gasteiger partial charge in [-0.3, -0.25) is 0 Å². The zero-order chi connectivity index (χ0) is 37.3. The van der Waals surface area contributed by atoms with Crippen LogP contribution in [0.25, 0.3) is 44.2 Å². The molecule has 9 aromatic rings. The van der Waals surface area contributed by atoms with Crippen LogP contribution in [0.4, 0.5) is 17.1 Å². The van der Waals surface area contributed by atoms with Gasteiger partial charge in [-0.25, -0.2) is 9.98 Å². The van der Waals surface area contributed by atoms with E-state index in [1.54, 1.807) is 0 Å². The summed E-state index contributed by atoms with van der Waals surface area (Å²) in [5.41, 5.74) is 12.4. The summed E-state index contributed by atoms with van der Waals surface area (Å²) in [5.74, 6) is 1.46. The maximum absolute atomic E-state index is 6.57. The molecule has 0 aliphatic carbocycles. The van der Waals surface area contributed by atoms with Crippen molar-refractivity contribution in [3.63, 3.8) is 0 Å². The van der Waals surface area contributed by atoms with E-state index in [0.29, 0.717) is 5.84 Å². The fourth-order valence-electron chi connectivity index (χ4n) is 7.60. The Morgan fingerprint density at radius 3 is 1.57 bits per heavy atom. The average molecular weight is 721 g/mol. The van der Waals surface area contributed by atoms with E-state index in [9.17, 15) is 0 Å². The first kappa shape index (κ1) is 33.1. The second-order valence-corrected chi connectivity index (χ2v) is 13.9. The minimum Gasteiger partial charge on any atom is -0.456 e. The number of benzene rings is 8. The average Bonchev–Trinajstić information content (AvgIpc) is 3.66. The number of aliphatic imine (C=N–C) groups is 2. The minimum atomic E-state index is -0.423. The summed E-state index contributed by atoms with van der Waals surface area (Å²) in [6.45, 7) is 0. The lowest BCUT2D eigenvalue weighted by Gasteiger charge is -2.26. The van der Waals surface area contributed by atoms with E-state index in [2.05, 4.69) is 162 Å². The number of amidine groups is 2. The van der Waals surface area contributed by atoms with Crippen molar-refractivity contribution in [3.05, 3.63) is 223 Å². The molecule has 1 unspecified atom stereocenters. The number of rotatable bonds is 8. The summed E-state index contributed by atoms with van der Waals surface area (Å²) in [4.78, 5) is 12.6. The standard InChI is InChI=1S/C51H36N4O/c1-5-15-35(16-6-1)36-25-29-42(30-26-36)55(41-21-11-4-12-22-41)43-31-27-37(28-32-43)40-33-45(48-44-23-13-14-24-46(44)56-47(48)34-40)51-53-49(38-17-7-2-8-18-38)52-50(54-51)39-19-9-3-10-20-39/h1-34,51H,(H,52,53,54). The number of fused-ring (bicyclic) bond motifs is 3. The zero-order valence-corrected chi connectivity index (χ0v) is 30.5. The lowest BCUT2D eigenvalue weighted by Crippen LogP contribution is -2.33. The molecule has 266 valence electrons. The van der Waals surface area contributed by atoms with Crippen LogP contribution in [0.5, 0.6) is 0 Å². The van der Waals surface area contributed by atoms with Crippen LogP contribution in [0.3, 0.4) is 0 Å². The van der Waals surface area contributed by atoms with Crippen LogP contribution >= 0.6 is 0 Å². The Kier molecular flexibility index (Phi) is 8.50. The molecule has 10 rings (SSSR count). The molecule has 0 saturated heterocycles. The van der Waals surface area contributed by atoms with Gasteiger partial charge in [-0.05, 0) is 76.9 Å². The first-order valence-corrected chi connectivity index (χ1v) is 18.9. The van der Waals surface area contributed by atoms with Crippen molar-refractivity contribution in [1.29, 1.82) is 0 Å². The molecule has 1 aliphatic heterocycles. The molecule has 1 aromatic heterocycles. The first-order valence-electron chi connectivity index (χ1n) is 18.9. The summed E-state index contributed by atoms with van der Waals surface area (Å²) in [5, 5.41) is 5.79. The van der Waals surface area contributed by atoms with Crippen LogP contribution in [0, 0.1) is 0 Å². The van der Waals surface area contributed by atoms with Crippen molar-refractivity contribution < 1.29 is 4.42 Å². The van der Waals surface area contributed by atoms with E-state index >= 15 is 0 Å². The Balaban J connectivity index is 1.07. The highest BCUT2D eigenvalue weighted by Gasteiger charge is 2.26. The fourth-order valence-corrected chi connectivity index (χ4v) is 7.60. The van der Waals surface area contributed by atoms with E-state index in [1.807, 2.05) is 54.6 Å². The summed E-state index contributed by atoms with van der Waals surface area (Å²) in [6.07, 6.45) is -0.423. The predicted octanol–water partition coefficient (Wildman–Crippen LogP) is 12.9.